The SMILES string of the molecule is C[S+](C)[C@@H](CS(=O)(=O)O)c1ccccc1. The summed E-state index contributed by atoms with van der Waals surface area (Å²) in [7, 11) is -4.00. The molecule has 0 saturated heterocycles. The van der Waals surface area contributed by atoms with Crippen molar-refractivity contribution in [2.45, 2.75) is 5.25 Å². The molecular formula is C10H15O3S2+. The predicted octanol–water partition coefficient (Wildman–Crippen LogP) is 1.49. The van der Waals surface area contributed by atoms with Crippen LogP contribution in [0.1, 0.15) is 10.8 Å². The molecule has 0 unspecified atom stereocenters. The Morgan fingerprint density at radius 3 is 2.20 bits per heavy atom. The van der Waals surface area contributed by atoms with E-state index in [0.29, 0.717) is 0 Å². The number of rotatable bonds is 4. The molecular weight excluding hydrogens is 232 g/mol. The molecule has 0 radical (unpaired) electrons. The van der Waals surface area contributed by atoms with Gasteiger partial charge in [-0.2, -0.15) is 8.42 Å². The molecule has 3 nitrogen and oxygen atoms in total. The largest absolute Gasteiger partial charge is 0.285 e. The third-order valence-corrected chi connectivity index (χ3v) is 4.64. The number of hydrogen-bond acceptors (Lipinski definition) is 2. The van der Waals surface area contributed by atoms with Gasteiger partial charge < -0.3 is 0 Å². The molecule has 0 amide bonds. The molecule has 0 aromatic heterocycles. The molecule has 1 aromatic rings. The Kier molecular flexibility index (Phi) is 4.19. The predicted molar refractivity (Wildman–Crippen MR) is 64.8 cm³/mol. The van der Waals surface area contributed by atoms with Crippen LogP contribution in [-0.2, 0) is 21.0 Å². The van der Waals surface area contributed by atoms with E-state index in [2.05, 4.69) is 0 Å². The van der Waals surface area contributed by atoms with E-state index < -0.39 is 10.1 Å². The van der Waals surface area contributed by atoms with E-state index in [-0.39, 0.29) is 21.9 Å². The number of hydrogen-bond donors (Lipinski definition) is 1. The van der Waals surface area contributed by atoms with Gasteiger partial charge in [-0.1, -0.05) is 30.3 Å². The molecule has 1 N–H and O–H groups in total. The first-order valence-electron chi connectivity index (χ1n) is 4.46. The van der Waals surface area contributed by atoms with Gasteiger partial charge in [-0.05, 0) is 10.9 Å². The minimum absolute atomic E-state index is 0.0900. The molecule has 1 rings (SSSR count). The first-order chi connectivity index (χ1) is 6.90. The second kappa shape index (κ2) is 5.01. The van der Waals surface area contributed by atoms with Gasteiger partial charge in [0.05, 0.1) is 12.5 Å². The van der Waals surface area contributed by atoms with Crippen LogP contribution in [0.3, 0.4) is 0 Å². The van der Waals surface area contributed by atoms with E-state index in [1.54, 1.807) is 0 Å². The van der Waals surface area contributed by atoms with Crippen LogP contribution in [0.25, 0.3) is 0 Å². The third kappa shape index (κ3) is 4.24. The summed E-state index contributed by atoms with van der Waals surface area (Å²) in [6, 6.07) is 9.42. The van der Waals surface area contributed by atoms with Crippen LogP contribution in [0.5, 0.6) is 0 Å². The maximum absolute atomic E-state index is 10.9. The van der Waals surface area contributed by atoms with Crippen LogP contribution in [0.15, 0.2) is 30.3 Å². The van der Waals surface area contributed by atoms with Gasteiger partial charge in [-0.25, -0.2) is 0 Å². The zero-order chi connectivity index (χ0) is 11.5. The highest BCUT2D eigenvalue weighted by atomic mass is 32.2. The van der Waals surface area contributed by atoms with Crippen LogP contribution in [0.4, 0.5) is 0 Å². The molecule has 84 valence electrons. The summed E-state index contributed by atoms with van der Waals surface area (Å²) in [6.45, 7) is 0. The fraction of sp³-hybridized carbons (Fsp3) is 0.400. The van der Waals surface area contributed by atoms with Crippen molar-refractivity contribution in [3.8, 4) is 0 Å². The Balaban J connectivity index is 2.95. The molecule has 0 heterocycles. The molecule has 5 heteroatoms. The monoisotopic (exact) mass is 247 g/mol. The quantitative estimate of drug-likeness (QED) is 0.648. The minimum Gasteiger partial charge on any atom is -0.285 e. The van der Waals surface area contributed by atoms with E-state index >= 15 is 0 Å². The standard InChI is InChI=1S/C10H14O3S2/c1-14(2)10(8-15(11,12)13)9-6-4-3-5-7-9/h3-7,10H,8H2,1-2H3/p+1/t10-/m0/s1. The van der Waals surface area contributed by atoms with Gasteiger partial charge in [0.2, 0.25) is 0 Å². The Labute approximate surface area is 93.6 Å². The fourth-order valence-electron chi connectivity index (χ4n) is 1.36. The molecule has 0 bridgehead atoms. The molecule has 0 fully saturated rings. The van der Waals surface area contributed by atoms with Crippen LogP contribution in [0.2, 0.25) is 0 Å². The van der Waals surface area contributed by atoms with Gasteiger partial charge >= 0.3 is 0 Å². The lowest BCUT2D eigenvalue weighted by atomic mass is 10.2. The van der Waals surface area contributed by atoms with E-state index in [4.69, 9.17) is 4.55 Å². The topological polar surface area (TPSA) is 54.4 Å². The molecule has 1 aromatic carbocycles. The van der Waals surface area contributed by atoms with Gasteiger partial charge in [0, 0.05) is 5.56 Å². The van der Waals surface area contributed by atoms with Crippen molar-refractivity contribution >= 4 is 21.0 Å². The van der Waals surface area contributed by atoms with Crippen molar-refractivity contribution in [2.75, 3.05) is 18.3 Å². The first-order valence-corrected chi connectivity index (χ1v) is 8.18. The van der Waals surface area contributed by atoms with Crippen LogP contribution in [-0.4, -0.2) is 31.2 Å². The van der Waals surface area contributed by atoms with Crippen molar-refractivity contribution in [1.29, 1.82) is 0 Å². The smallest absolute Gasteiger partial charge is 0.270 e. The lowest BCUT2D eigenvalue weighted by molar-refractivity contribution is 0.482. The Morgan fingerprint density at radius 1 is 1.27 bits per heavy atom. The van der Waals surface area contributed by atoms with Crippen LogP contribution >= 0.6 is 0 Å². The van der Waals surface area contributed by atoms with Crippen molar-refractivity contribution in [1.82, 2.24) is 0 Å². The summed E-state index contributed by atoms with van der Waals surface area (Å²) in [5.41, 5.74) is 0.962. The average Bonchev–Trinajstić information content (AvgIpc) is 2.14. The second-order valence-electron chi connectivity index (χ2n) is 3.53. The maximum atomic E-state index is 10.9. The lowest BCUT2D eigenvalue weighted by Gasteiger charge is -2.12. The average molecular weight is 247 g/mol. The van der Waals surface area contributed by atoms with E-state index in [0.717, 1.165) is 5.56 Å². The molecule has 0 spiro atoms. The fourth-order valence-corrected chi connectivity index (χ4v) is 4.24. The molecule has 1 atom stereocenters. The zero-order valence-corrected chi connectivity index (χ0v) is 10.4. The van der Waals surface area contributed by atoms with E-state index in [9.17, 15) is 8.42 Å². The van der Waals surface area contributed by atoms with E-state index in [1.165, 1.54) is 0 Å². The van der Waals surface area contributed by atoms with Gasteiger partial charge in [0.25, 0.3) is 10.1 Å². The Hall–Kier alpha value is -0.520. The van der Waals surface area contributed by atoms with Crippen LogP contribution in [0, 0.1) is 0 Å². The highest BCUT2D eigenvalue weighted by Gasteiger charge is 2.28. The van der Waals surface area contributed by atoms with Gasteiger partial charge in [-0.3, -0.25) is 4.55 Å². The maximum Gasteiger partial charge on any atom is 0.270 e. The highest BCUT2D eigenvalue weighted by molar-refractivity contribution is 7.97. The van der Waals surface area contributed by atoms with Crippen molar-refractivity contribution in [3.63, 3.8) is 0 Å². The summed E-state index contributed by atoms with van der Waals surface area (Å²) in [6.07, 6.45) is 3.95. The normalized spacial score (nSPS) is 14.1. The summed E-state index contributed by atoms with van der Waals surface area (Å²) in [4.78, 5) is 0. The van der Waals surface area contributed by atoms with Gasteiger partial charge in [-0.15, -0.1) is 0 Å². The Morgan fingerprint density at radius 2 is 1.80 bits per heavy atom. The molecule has 0 saturated carbocycles. The molecule has 0 aliphatic carbocycles. The first kappa shape index (κ1) is 12.5. The summed E-state index contributed by atoms with van der Waals surface area (Å²) in [5.74, 6) is -0.201. The molecule has 0 aliphatic rings. The minimum atomic E-state index is -3.91. The van der Waals surface area contributed by atoms with Gasteiger partial charge in [0.15, 0.2) is 5.25 Å². The van der Waals surface area contributed by atoms with Crippen molar-refractivity contribution in [3.05, 3.63) is 35.9 Å². The second-order valence-corrected chi connectivity index (χ2v) is 7.35. The lowest BCUT2D eigenvalue weighted by Crippen LogP contribution is -2.20. The Bertz CT molecular complexity index is 398. The summed E-state index contributed by atoms with van der Waals surface area (Å²) < 4.78 is 30.6. The number of benzene rings is 1. The molecule has 0 aliphatic heterocycles. The third-order valence-electron chi connectivity index (χ3n) is 2.10. The molecule has 15 heavy (non-hydrogen) atoms. The van der Waals surface area contributed by atoms with Crippen molar-refractivity contribution < 1.29 is 13.0 Å². The van der Waals surface area contributed by atoms with Gasteiger partial charge in [0.1, 0.15) is 5.75 Å². The van der Waals surface area contributed by atoms with E-state index in [1.807, 2.05) is 42.8 Å². The summed E-state index contributed by atoms with van der Waals surface area (Å²) >= 11 is 0. The highest BCUT2D eigenvalue weighted by Crippen LogP contribution is 2.23. The zero-order valence-electron chi connectivity index (χ0n) is 8.75. The van der Waals surface area contributed by atoms with Crippen LogP contribution < -0.4 is 0 Å². The summed E-state index contributed by atoms with van der Waals surface area (Å²) in [5, 5.41) is -0.124. The van der Waals surface area contributed by atoms with Crippen molar-refractivity contribution in [2.24, 2.45) is 0 Å².